The number of amides is 1. The number of carbonyl (C=O) groups excluding carboxylic acids is 1. The molecule has 0 unspecified atom stereocenters. The summed E-state index contributed by atoms with van der Waals surface area (Å²) in [6.07, 6.45) is 6.19. The summed E-state index contributed by atoms with van der Waals surface area (Å²) in [6.45, 7) is 21.0. The van der Waals surface area contributed by atoms with Gasteiger partial charge in [0.25, 0.3) is 0 Å². The smallest absolute Gasteiger partial charge is 0.408 e. The Labute approximate surface area is 425 Å². The SMILES string of the molecule is CC1(N)CCN(c2nc3ncc(Oc4cccc(Cl)c4Cl)nc3[nH]2)CC1.CC1(NC(=O)OC(C)(C)C)CCN(c2nc3nc(Br)cnc3n2COCC[Si](C)(C)C)CC1.Oc1cccc(Cl)c1Cl. The summed E-state index contributed by atoms with van der Waals surface area (Å²) in [5, 5.41) is 13.3. The first kappa shape index (κ1) is 53.1. The minimum Gasteiger partial charge on any atom is -0.506 e. The molecule has 368 valence electrons. The Kier molecular flexibility index (Phi) is 17.4. The lowest BCUT2D eigenvalue weighted by Crippen LogP contribution is -2.54. The van der Waals surface area contributed by atoms with Crippen LogP contribution >= 0.6 is 62.3 Å². The highest BCUT2D eigenvalue weighted by molar-refractivity contribution is 9.10. The Hall–Kier alpha value is -4.21. The fourth-order valence-corrected chi connectivity index (χ4v) is 8.65. The Bertz CT molecular complexity index is 2660. The Balaban J connectivity index is 0.000000192. The van der Waals surface area contributed by atoms with E-state index in [4.69, 9.17) is 76.4 Å². The number of ether oxygens (including phenoxy) is 3. The minimum atomic E-state index is -1.17. The molecule has 2 fully saturated rings. The van der Waals surface area contributed by atoms with Crippen LogP contribution in [-0.4, -0.2) is 108 Å². The largest absolute Gasteiger partial charge is 0.506 e. The molecule has 6 heterocycles. The van der Waals surface area contributed by atoms with E-state index in [1.807, 2.05) is 25.3 Å². The summed E-state index contributed by atoms with van der Waals surface area (Å²) < 4.78 is 19.9. The number of nitrogens with zero attached hydrogens (tertiary/aromatic N) is 9. The van der Waals surface area contributed by atoms with Crippen LogP contribution in [0.4, 0.5) is 16.7 Å². The standard InChI is InChI=1S/C22H37BrN6O3Si.C17H18Cl2N6O.C6H4Cl2O/c1-21(2,3)32-20(30)27-22(4)8-10-28(11-9-22)19-26-17-18(24-14-16(23)25-17)29(19)15-31-12-13-33(5,6)7;1-17(20)5-7-25(8-6-17)16-23-14-15(24-16)22-12(9-21-14)26-11-4-2-3-10(18)13(11)19;7-4-2-1-3-5(9)6(4)8/h14H,8-13,15H2,1-7H3,(H,27,30);2-4,9H,5-8,20H2,1H3,(H,21,22,23,24);1-3,9H. The lowest BCUT2D eigenvalue weighted by molar-refractivity contribution is 0.0447. The zero-order chi connectivity index (χ0) is 49.6. The normalized spacial score (nSPS) is 15.9. The van der Waals surface area contributed by atoms with Crippen LogP contribution in [0.5, 0.6) is 17.4 Å². The van der Waals surface area contributed by atoms with Gasteiger partial charge < -0.3 is 45.2 Å². The van der Waals surface area contributed by atoms with Gasteiger partial charge >= 0.3 is 6.09 Å². The van der Waals surface area contributed by atoms with Crippen LogP contribution in [0.2, 0.25) is 45.8 Å². The third-order valence-electron chi connectivity index (χ3n) is 11.0. The average molecular weight is 1100 g/mol. The van der Waals surface area contributed by atoms with Crippen LogP contribution in [0, 0.1) is 0 Å². The number of alkyl carbamates (subject to hydrolysis) is 1. The summed E-state index contributed by atoms with van der Waals surface area (Å²) >= 11 is 26.6. The number of nitrogens with two attached hydrogens (primary N) is 1. The van der Waals surface area contributed by atoms with E-state index in [1.54, 1.807) is 36.5 Å². The van der Waals surface area contributed by atoms with E-state index in [-0.39, 0.29) is 27.9 Å². The molecule has 23 heteroatoms. The maximum atomic E-state index is 12.3. The number of halogens is 5. The van der Waals surface area contributed by atoms with Crippen molar-refractivity contribution in [2.75, 3.05) is 42.6 Å². The zero-order valence-corrected chi connectivity index (χ0v) is 45.1. The molecule has 0 spiro atoms. The number of phenols is 1. The summed E-state index contributed by atoms with van der Waals surface area (Å²) in [7, 11) is -1.17. The van der Waals surface area contributed by atoms with Crippen LogP contribution in [0.1, 0.15) is 60.3 Å². The molecule has 0 radical (unpaired) electrons. The molecule has 2 aliphatic heterocycles. The summed E-state index contributed by atoms with van der Waals surface area (Å²) in [6, 6.07) is 11.0. The molecule has 6 aromatic rings. The van der Waals surface area contributed by atoms with E-state index in [0.717, 1.165) is 76.4 Å². The Morgan fingerprint density at radius 2 is 1.53 bits per heavy atom. The van der Waals surface area contributed by atoms with Crippen molar-refractivity contribution in [1.29, 1.82) is 0 Å². The molecule has 1 amide bonds. The average Bonchev–Trinajstić information content (AvgIpc) is 3.83. The van der Waals surface area contributed by atoms with Gasteiger partial charge in [-0.3, -0.25) is 4.57 Å². The van der Waals surface area contributed by atoms with Gasteiger partial charge in [0.1, 0.15) is 38.5 Å². The van der Waals surface area contributed by atoms with E-state index < -0.39 is 13.7 Å². The first-order valence-electron chi connectivity index (χ1n) is 22.1. The number of anilines is 2. The van der Waals surface area contributed by atoms with Crippen molar-refractivity contribution in [3.63, 3.8) is 0 Å². The number of aromatic amines is 1. The van der Waals surface area contributed by atoms with Gasteiger partial charge in [0, 0.05) is 51.9 Å². The van der Waals surface area contributed by atoms with Crippen molar-refractivity contribution in [3.8, 4) is 17.4 Å². The molecule has 0 atom stereocenters. The number of hydrogen-bond acceptors (Lipinski definition) is 14. The molecule has 0 bridgehead atoms. The third-order valence-corrected chi connectivity index (χ3v) is 14.7. The highest BCUT2D eigenvalue weighted by Gasteiger charge is 2.35. The quantitative estimate of drug-likeness (QED) is 0.0744. The second kappa shape index (κ2) is 22.3. The van der Waals surface area contributed by atoms with Crippen molar-refractivity contribution in [1.82, 2.24) is 44.8 Å². The number of phenolic OH excluding ortho intramolecular Hbond substituents is 1. The molecule has 2 aromatic carbocycles. The van der Waals surface area contributed by atoms with Crippen LogP contribution in [0.3, 0.4) is 0 Å². The summed E-state index contributed by atoms with van der Waals surface area (Å²) in [5.74, 6) is 2.30. The molecular formula is C45H59BrCl4N12O5Si. The maximum Gasteiger partial charge on any atom is 0.408 e. The van der Waals surface area contributed by atoms with Gasteiger partial charge in [-0.25, -0.2) is 19.7 Å². The van der Waals surface area contributed by atoms with Crippen molar-refractivity contribution in [3.05, 3.63) is 73.5 Å². The van der Waals surface area contributed by atoms with E-state index >= 15 is 0 Å². The molecule has 0 aliphatic carbocycles. The number of rotatable bonds is 10. The van der Waals surface area contributed by atoms with Gasteiger partial charge in [0.05, 0.1) is 22.4 Å². The van der Waals surface area contributed by atoms with Gasteiger partial charge in [0.2, 0.25) is 23.4 Å². The minimum absolute atomic E-state index is 0.0177. The molecule has 68 heavy (non-hydrogen) atoms. The predicted molar refractivity (Wildman–Crippen MR) is 277 cm³/mol. The van der Waals surface area contributed by atoms with Crippen LogP contribution in [0.15, 0.2) is 53.4 Å². The van der Waals surface area contributed by atoms with Crippen molar-refractivity contribution >= 4 is 111 Å². The third kappa shape index (κ3) is 14.9. The number of nitrogens with one attached hydrogen (secondary N) is 2. The highest BCUT2D eigenvalue weighted by Crippen LogP contribution is 2.35. The zero-order valence-electron chi connectivity index (χ0n) is 39.5. The molecule has 17 nitrogen and oxygen atoms in total. The number of benzene rings is 2. The lowest BCUT2D eigenvalue weighted by atomic mass is 9.90. The van der Waals surface area contributed by atoms with E-state index in [0.29, 0.717) is 60.6 Å². The molecule has 0 saturated carbocycles. The number of hydrogen-bond donors (Lipinski definition) is 4. The molecule has 8 rings (SSSR count). The lowest BCUT2D eigenvalue weighted by Gasteiger charge is -2.40. The van der Waals surface area contributed by atoms with Gasteiger partial charge in [-0.1, -0.05) is 78.2 Å². The highest BCUT2D eigenvalue weighted by atomic mass is 79.9. The fourth-order valence-electron chi connectivity index (χ4n) is 7.00. The summed E-state index contributed by atoms with van der Waals surface area (Å²) in [4.78, 5) is 47.0. The second-order valence-electron chi connectivity index (χ2n) is 19.5. The summed E-state index contributed by atoms with van der Waals surface area (Å²) in [5.41, 5.74) is 7.61. The molecular weight excluding hydrogens is 1040 g/mol. The molecule has 2 aliphatic rings. The van der Waals surface area contributed by atoms with E-state index in [9.17, 15) is 4.79 Å². The van der Waals surface area contributed by atoms with Gasteiger partial charge in [0.15, 0.2) is 16.9 Å². The van der Waals surface area contributed by atoms with Crippen LogP contribution in [0.25, 0.3) is 22.6 Å². The van der Waals surface area contributed by atoms with Crippen LogP contribution < -0.4 is 25.6 Å². The topological polar surface area (TPSA) is 208 Å². The number of aromatic hydroxyl groups is 1. The van der Waals surface area contributed by atoms with Crippen molar-refractivity contribution < 1.29 is 24.1 Å². The van der Waals surface area contributed by atoms with Crippen LogP contribution in [-0.2, 0) is 16.2 Å². The van der Waals surface area contributed by atoms with Gasteiger partial charge in [-0.05, 0) is 107 Å². The molecule has 4 aromatic heterocycles. The fraction of sp³-hybridized carbons (Fsp3) is 0.489. The first-order valence-corrected chi connectivity index (χ1v) is 28.1. The number of carbonyl (C=O) groups is 1. The van der Waals surface area contributed by atoms with Gasteiger partial charge in [-0.15, -0.1) is 0 Å². The predicted octanol–water partition coefficient (Wildman–Crippen LogP) is 11.3. The van der Waals surface area contributed by atoms with Crippen molar-refractivity contribution in [2.45, 2.75) is 109 Å². The Morgan fingerprint density at radius 3 is 2.16 bits per heavy atom. The molecule has 2 saturated heterocycles. The number of H-pyrrole nitrogens is 1. The number of piperidine rings is 2. The Morgan fingerprint density at radius 1 is 0.882 bits per heavy atom. The number of fused-ring (bicyclic) bond motifs is 2. The maximum absolute atomic E-state index is 12.3. The number of imidazole rings is 2. The molecule has 5 N–H and O–H groups in total. The number of aromatic nitrogens is 8. The monoisotopic (exact) mass is 1090 g/mol. The van der Waals surface area contributed by atoms with E-state index in [2.05, 4.69) is 94.4 Å². The van der Waals surface area contributed by atoms with E-state index in [1.165, 1.54) is 12.3 Å². The first-order chi connectivity index (χ1) is 31.9. The second-order valence-corrected chi connectivity index (χ2v) is 27.5. The van der Waals surface area contributed by atoms with Gasteiger partial charge in [-0.2, -0.15) is 15.0 Å². The van der Waals surface area contributed by atoms with Crippen molar-refractivity contribution in [2.24, 2.45) is 5.73 Å².